The van der Waals surface area contributed by atoms with Gasteiger partial charge < -0.3 is 14.4 Å². The van der Waals surface area contributed by atoms with Crippen molar-refractivity contribution in [1.29, 1.82) is 0 Å². The van der Waals surface area contributed by atoms with Crippen LogP contribution in [0.4, 0.5) is 26.3 Å². The zero-order chi connectivity index (χ0) is 25.4. The van der Waals surface area contributed by atoms with E-state index >= 15 is 0 Å². The van der Waals surface area contributed by atoms with Crippen LogP contribution >= 0.6 is 0 Å². The first-order chi connectivity index (χ1) is 16.4. The molecule has 0 spiro atoms. The van der Waals surface area contributed by atoms with Crippen molar-refractivity contribution >= 4 is 0 Å². The highest BCUT2D eigenvalue weighted by molar-refractivity contribution is 5.59. The maximum Gasteiger partial charge on any atom is 0.573 e. The normalized spacial score (nSPS) is 13.1. The summed E-state index contributed by atoms with van der Waals surface area (Å²) in [5.41, 5.74) is 1.52. The second kappa shape index (κ2) is 9.06. The van der Waals surface area contributed by atoms with Crippen LogP contribution in [0.5, 0.6) is 5.75 Å². The summed E-state index contributed by atoms with van der Waals surface area (Å²) in [6.07, 6.45) is -12.2. The Hall–Kier alpha value is -3.87. The lowest BCUT2D eigenvalue weighted by Crippen LogP contribution is -2.20. The van der Waals surface area contributed by atoms with Gasteiger partial charge in [0.25, 0.3) is 5.89 Å². The highest BCUT2D eigenvalue weighted by Crippen LogP contribution is 2.33. The molecule has 0 fully saturated rings. The molecule has 2 aromatic heterocycles. The van der Waals surface area contributed by atoms with E-state index in [2.05, 4.69) is 20.0 Å². The summed E-state index contributed by atoms with van der Waals surface area (Å²) in [7, 11) is 0. The van der Waals surface area contributed by atoms with Crippen LogP contribution in [-0.2, 0) is 6.54 Å². The average Bonchev–Trinajstić information content (AvgIpc) is 3.40. The Morgan fingerprint density at radius 2 is 1.74 bits per heavy atom. The van der Waals surface area contributed by atoms with E-state index in [1.165, 1.54) is 35.0 Å². The number of aliphatic hydroxyl groups excluding tert-OH is 1. The molecule has 13 heteroatoms. The highest BCUT2D eigenvalue weighted by atomic mass is 19.4. The predicted octanol–water partition coefficient (Wildman–Crippen LogP) is 5.45. The van der Waals surface area contributed by atoms with Gasteiger partial charge in [-0.2, -0.15) is 23.3 Å². The third-order valence-electron chi connectivity index (χ3n) is 4.88. The minimum Gasteiger partial charge on any atom is -0.406 e. The topological polar surface area (TPSA) is 86.2 Å². The van der Waals surface area contributed by atoms with E-state index in [-0.39, 0.29) is 23.8 Å². The number of benzene rings is 2. The summed E-state index contributed by atoms with van der Waals surface area (Å²) >= 11 is 0. The van der Waals surface area contributed by atoms with Gasteiger partial charge in [-0.05, 0) is 48.4 Å². The molecule has 184 valence electrons. The van der Waals surface area contributed by atoms with Crippen LogP contribution in [0.1, 0.15) is 22.9 Å². The molecule has 0 bridgehead atoms. The average molecular weight is 498 g/mol. The van der Waals surface area contributed by atoms with Crippen LogP contribution in [0, 0.1) is 6.92 Å². The van der Waals surface area contributed by atoms with Crippen LogP contribution < -0.4 is 4.74 Å². The summed E-state index contributed by atoms with van der Waals surface area (Å²) in [5, 5.41) is 17.6. The van der Waals surface area contributed by atoms with Gasteiger partial charge in [0.2, 0.25) is 5.82 Å². The Labute approximate surface area is 193 Å². The van der Waals surface area contributed by atoms with Crippen molar-refractivity contribution in [2.24, 2.45) is 0 Å². The molecule has 0 aliphatic carbocycles. The first-order valence-corrected chi connectivity index (χ1v) is 9.97. The van der Waals surface area contributed by atoms with Gasteiger partial charge >= 0.3 is 12.5 Å². The maximum atomic E-state index is 12.8. The summed E-state index contributed by atoms with van der Waals surface area (Å²) < 4.78 is 85.9. The van der Waals surface area contributed by atoms with Crippen molar-refractivity contribution in [1.82, 2.24) is 19.9 Å². The Kier molecular flexibility index (Phi) is 6.28. The lowest BCUT2D eigenvalue weighted by Gasteiger charge is -2.15. The van der Waals surface area contributed by atoms with Crippen molar-refractivity contribution in [3.8, 4) is 28.7 Å². The van der Waals surface area contributed by atoms with Crippen LogP contribution in [-0.4, -0.2) is 37.6 Å². The Balaban J connectivity index is 1.51. The zero-order valence-electron chi connectivity index (χ0n) is 17.8. The molecular formula is C22H16F6N4O3. The SMILES string of the molecule is Cc1cc(-c2nc(-c3ccc(OC(F)(F)F)cc3)no2)nn1Cc1cccc(C(O)C(F)(F)F)c1. The van der Waals surface area contributed by atoms with E-state index in [1.54, 1.807) is 19.1 Å². The molecule has 0 aliphatic heterocycles. The number of aromatic nitrogens is 4. The van der Waals surface area contributed by atoms with Crippen molar-refractivity contribution in [2.45, 2.75) is 32.1 Å². The molecular weight excluding hydrogens is 482 g/mol. The van der Waals surface area contributed by atoms with Gasteiger partial charge in [0.05, 0.1) is 6.54 Å². The third kappa shape index (κ3) is 5.80. The van der Waals surface area contributed by atoms with E-state index in [4.69, 9.17) is 4.52 Å². The molecule has 2 heterocycles. The highest BCUT2D eigenvalue weighted by Gasteiger charge is 2.39. The number of halogens is 6. The number of alkyl halides is 6. The van der Waals surface area contributed by atoms with Gasteiger partial charge in [-0.3, -0.25) is 4.68 Å². The Morgan fingerprint density at radius 3 is 2.40 bits per heavy atom. The van der Waals surface area contributed by atoms with Gasteiger partial charge in [0, 0.05) is 11.3 Å². The minimum atomic E-state index is -4.81. The van der Waals surface area contributed by atoms with Gasteiger partial charge in [0.1, 0.15) is 5.75 Å². The van der Waals surface area contributed by atoms with Crippen LogP contribution in [0.2, 0.25) is 0 Å². The number of rotatable bonds is 6. The number of hydrogen-bond donors (Lipinski definition) is 1. The quantitative estimate of drug-likeness (QED) is 0.356. The van der Waals surface area contributed by atoms with Gasteiger partial charge in [-0.25, -0.2) is 0 Å². The zero-order valence-corrected chi connectivity index (χ0v) is 17.8. The smallest absolute Gasteiger partial charge is 0.406 e. The van der Waals surface area contributed by atoms with E-state index in [9.17, 15) is 31.4 Å². The molecule has 4 aromatic rings. The monoisotopic (exact) mass is 498 g/mol. The second-order valence-corrected chi connectivity index (χ2v) is 7.51. The minimum absolute atomic E-state index is 0.0405. The fourth-order valence-corrected chi connectivity index (χ4v) is 3.25. The largest absolute Gasteiger partial charge is 0.573 e. The van der Waals surface area contributed by atoms with Crippen molar-refractivity contribution < 1.29 is 40.7 Å². The number of ether oxygens (including phenoxy) is 1. The van der Waals surface area contributed by atoms with Crippen LogP contribution in [0.15, 0.2) is 59.1 Å². The van der Waals surface area contributed by atoms with E-state index in [0.29, 0.717) is 22.5 Å². The van der Waals surface area contributed by atoms with Gasteiger partial charge in [-0.1, -0.05) is 29.4 Å². The second-order valence-electron chi connectivity index (χ2n) is 7.51. The van der Waals surface area contributed by atoms with Crippen LogP contribution in [0.3, 0.4) is 0 Å². The summed E-state index contributed by atoms with van der Waals surface area (Å²) in [6.45, 7) is 1.84. The van der Waals surface area contributed by atoms with Crippen LogP contribution in [0.25, 0.3) is 23.0 Å². The fourth-order valence-electron chi connectivity index (χ4n) is 3.25. The Morgan fingerprint density at radius 1 is 1.03 bits per heavy atom. The summed E-state index contributed by atoms with van der Waals surface area (Å²) in [6, 6.07) is 12.0. The van der Waals surface area contributed by atoms with E-state index in [0.717, 1.165) is 12.1 Å². The first kappa shape index (κ1) is 24.3. The standard InChI is InChI=1S/C22H16F6N4O3/c1-12-9-17(30-32(12)11-13-3-2-4-15(10-13)18(33)21(23,24)25)20-29-19(31-35-20)14-5-7-16(8-6-14)34-22(26,27)28/h2-10,18,33H,11H2,1H3. The fraction of sp³-hybridized carbons (Fsp3) is 0.227. The molecule has 0 amide bonds. The van der Waals surface area contributed by atoms with Gasteiger partial charge in [0.15, 0.2) is 11.8 Å². The lowest BCUT2D eigenvalue weighted by molar-refractivity contribution is -0.274. The third-order valence-corrected chi connectivity index (χ3v) is 4.88. The molecule has 1 atom stereocenters. The van der Waals surface area contributed by atoms with Crippen molar-refractivity contribution in [2.75, 3.05) is 0 Å². The first-order valence-electron chi connectivity index (χ1n) is 9.97. The van der Waals surface area contributed by atoms with E-state index < -0.39 is 24.4 Å². The number of aliphatic hydroxyl groups is 1. The molecule has 0 saturated heterocycles. The maximum absolute atomic E-state index is 12.8. The molecule has 0 radical (unpaired) electrons. The van der Waals surface area contributed by atoms with Crippen molar-refractivity contribution in [3.05, 3.63) is 71.4 Å². The predicted molar refractivity (Wildman–Crippen MR) is 109 cm³/mol. The van der Waals surface area contributed by atoms with Gasteiger partial charge in [-0.15, -0.1) is 13.2 Å². The molecule has 0 saturated carbocycles. The lowest BCUT2D eigenvalue weighted by atomic mass is 10.1. The molecule has 1 unspecified atom stereocenters. The summed E-state index contributed by atoms with van der Waals surface area (Å²) in [5.74, 6) is -0.246. The molecule has 2 aromatic carbocycles. The molecule has 7 nitrogen and oxygen atoms in total. The van der Waals surface area contributed by atoms with E-state index in [1.807, 2.05) is 0 Å². The molecule has 4 rings (SSSR count). The number of nitrogens with zero attached hydrogens (tertiary/aromatic N) is 4. The summed E-state index contributed by atoms with van der Waals surface area (Å²) in [4.78, 5) is 4.21. The Bertz CT molecular complexity index is 1310. The molecule has 0 aliphatic rings. The van der Waals surface area contributed by atoms with Crippen molar-refractivity contribution in [3.63, 3.8) is 0 Å². The number of hydrogen-bond acceptors (Lipinski definition) is 6. The number of aryl methyl sites for hydroxylation is 1. The molecule has 1 N–H and O–H groups in total. The molecule has 35 heavy (non-hydrogen) atoms.